The molecule has 0 saturated carbocycles. The molecule has 20 heavy (non-hydrogen) atoms. The van der Waals surface area contributed by atoms with Gasteiger partial charge in [0.15, 0.2) is 0 Å². The maximum Gasteiger partial charge on any atom is 0.122 e. The topological polar surface area (TPSA) is 35.2 Å². The van der Waals surface area contributed by atoms with Crippen molar-refractivity contribution >= 4 is 0 Å². The van der Waals surface area contributed by atoms with Gasteiger partial charge in [-0.05, 0) is 37.8 Å². The van der Waals surface area contributed by atoms with Crippen LogP contribution in [0.3, 0.4) is 0 Å². The fourth-order valence-electron chi connectivity index (χ4n) is 2.32. The molecule has 1 aromatic rings. The Morgan fingerprint density at radius 2 is 1.85 bits per heavy atom. The van der Waals surface area contributed by atoms with Crippen molar-refractivity contribution in [2.45, 2.75) is 71.8 Å². The number of rotatable bonds is 10. The zero-order chi connectivity index (χ0) is 14.8. The molecule has 2 N–H and O–H groups in total. The van der Waals surface area contributed by atoms with Gasteiger partial charge in [0.05, 0.1) is 6.61 Å². The summed E-state index contributed by atoms with van der Waals surface area (Å²) in [7, 11) is 0. The molecule has 2 heteroatoms. The molecular weight excluding hydrogens is 246 g/mol. The number of aryl methyl sites for hydroxylation is 1. The van der Waals surface area contributed by atoms with E-state index in [0.717, 1.165) is 31.6 Å². The predicted molar refractivity (Wildman–Crippen MR) is 87.4 cm³/mol. The van der Waals surface area contributed by atoms with Gasteiger partial charge in [0, 0.05) is 6.04 Å². The van der Waals surface area contributed by atoms with Crippen LogP contribution < -0.4 is 10.5 Å². The van der Waals surface area contributed by atoms with Gasteiger partial charge < -0.3 is 10.5 Å². The third kappa shape index (κ3) is 6.42. The van der Waals surface area contributed by atoms with Gasteiger partial charge in [-0.2, -0.15) is 0 Å². The molecule has 1 unspecified atom stereocenters. The zero-order valence-electron chi connectivity index (χ0n) is 13.5. The Hall–Kier alpha value is -1.02. The number of hydrogen-bond donors (Lipinski definition) is 1. The van der Waals surface area contributed by atoms with E-state index >= 15 is 0 Å². The van der Waals surface area contributed by atoms with Crippen LogP contribution in [0.2, 0.25) is 0 Å². The number of hydrogen-bond acceptors (Lipinski definition) is 2. The Morgan fingerprint density at radius 3 is 2.55 bits per heavy atom. The molecule has 0 fully saturated rings. The molecule has 0 heterocycles. The van der Waals surface area contributed by atoms with Crippen molar-refractivity contribution in [3.63, 3.8) is 0 Å². The summed E-state index contributed by atoms with van der Waals surface area (Å²) in [6.07, 6.45) is 8.27. The summed E-state index contributed by atoms with van der Waals surface area (Å²) in [5.74, 6) is 1.02. The van der Waals surface area contributed by atoms with E-state index in [2.05, 4.69) is 39.0 Å². The first kappa shape index (κ1) is 17.0. The molecule has 2 nitrogen and oxygen atoms in total. The summed E-state index contributed by atoms with van der Waals surface area (Å²) in [5.41, 5.74) is 8.61. The van der Waals surface area contributed by atoms with Gasteiger partial charge in [-0.1, -0.05) is 57.2 Å². The van der Waals surface area contributed by atoms with Gasteiger partial charge >= 0.3 is 0 Å². The van der Waals surface area contributed by atoms with E-state index in [1.807, 2.05) is 0 Å². The SMILES string of the molecule is CCCCCCCOc1ccc(C)cc1CC(N)CC. The summed E-state index contributed by atoms with van der Waals surface area (Å²) in [5, 5.41) is 0. The highest BCUT2D eigenvalue weighted by molar-refractivity contribution is 5.37. The van der Waals surface area contributed by atoms with E-state index in [0.29, 0.717) is 0 Å². The van der Waals surface area contributed by atoms with Crippen LogP contribution in [0, 0.1) is 6.92 Å². The van der Waals surface area contributed by atoms with Crippen LogP contribution in [0.25, 0.3) is 0 Å². The molecule has 0 saturated heterocycles. The van der Waals surface area contributed by atoms with Crippen LogP contribution >= 0.6 is 0 Å². The zero-order valence-corrected chi connectivity index (χ0v) is 13.5. The van der Waals surface area contributed by atoms with Crippen LogP contribution in [-0.4, -0.2) is 12.6 Å². The molecule has 0 amide bonds. The first-order chi connectivity index (χ1) is 9.67. The van der Waals surface area contributed by atoms with Crippen molar-refractivity contribution in [1.29, 1.82) is 0 Å². The minimum absolute atomic E-state index is 0.226. The highest BCUT2D eigenvalue weighted by atomic mass is 16.5. The Balaban J connectivity index is 2.47. The predicted octanol–water partition coefficient (Wildman–Crippen LogP) is 4.62. The van der Waals surface area contributed by atoms with E-state index in [1.165, 1.54) is 36.8 Å². The Kier molecular flexibility index (Phi) is 8.36. The molecule has 0 aliphatic carbocycles. The van der Waals surface area contributed by atoms with Gasteiger partial charge in [0.2, 0.25) is 0 Å². The highest BCUT2D eigenvalue weighted by Gasteiger charge is 2.08. The molecule has 114 valence electrons. The monoisotopic (exact) mass is 277 g/mol. The largest absolute Gasteiger partial charge is 0.493 e. The third-order valence-corrected chi connectivity index (χ3v) is 3.73. The van der Waals surface area contributed by atoms with Crippen molar-refractivity contribution in [3.8, 4) is 5.75 Å². The van der Waals surface area contributed by atoms with Crippen molar-refractivity contribution in [1.82, 2.24) is 0 Å². The molecule has 1 atom stereocenters. The number of nitrogens with two attached hydrogens (primary N) is 1. The second-order valence-electron chi connectivity index (χ2n) is 5.75. The number of benzene rings is 1. The maximum atomic E-state index is 6.08. The molecule has 0 aliphatic heterocycles. The molecule has 0 spiro atoms. The van der Waals surface area contributed by atoms with E-state index < -0.39 is 0 Å². The summed E-state index contributed by atoms with van der Waals surface area (Å²) in [6.45, 7) is 7.32. The molecular formula is C18H31NO. The van der Waals surface area contributed by atoms with Gasteiger partial charge in [0.1, 0.15) is 5.75 Å². The van der Waals surface area contributed by atoms with Crippen molar-refractivity contribution in [3.05, 3.63) is 29.3 Å². The quantitative estimate of drug-likeness (QED) is 0.633. The van der Waals surface area contributed by atoms with Gasteiger partial charge in [-0.3, -0.25) is 0 Å². The smallest absolute Gasteiger partial charge is 0.122 e. The van der Waals surface area contributed by atoms with Crippen LogP contribution in [0.1, 0.15) is 63.5 Å². The molecule has 0 radical (unpaired) electrons. The van der Waals surface area contributed by atoms with E-state index in [4.69, 9.17) is 10.5 Å². The maximum absolute atomic E-state index is 6.08. The molecule has 0 aliphatic rings. The lowest BCUT2D eigenvalue weighted by Gasteiger charge is -2.15. The van der Waals surface area contributed by atoms with Crippen LogP contribution in [-0.2, 0) is 6.42 Å². The summed E-state index contributed by atoms with van der Waals surface area (Å²) in [4.78, 5) is 0. The summed E-state index contributed by atoms with van der Waals surface area (Å²) >= 11 is 0. The first-order valence-electron chi connectivity index (χ1n) is 8.15. The second kappa shape index (κ2) is 9.82. The van der Waals surface area contributed by atoms with Gasteiger partial charge in [-0.15, -0.1) is 0 Å². The third-order valence-electron chi connectivity index (χ3n) is 3.73. The Bertz CT molecular complexity index is 376. The molecule has 0 bridgehead atoms. The van der Waals surface area contributed by atoms with E-state index in [9.17, 15) is 0 Å². The minimum Gasteiger partial charge on any atom is -0.493 e. The lowest BCUT2D eigenvalue weighted by atomic mass is 10.0. The van der Waals surface area contributed by atoms with E-state index in [1.54, 1.807) is 0 Å². The molecule has 0 aromatic heterocycles. The normalized spacial score (nSPS) is 12.4. The standard InChI is InChI=1S/C18H31NO/c1-4-6-7-8-9-12-20-18-11-10-15(3)13-16(18)14-17(19)5-2/h10-11,13,17H,4-9,12,14,19H2,1-3H3. The molecule has 1 aromatic carbocycles. The number of ether oxygens (including phenoxy) is 1. The van der Waals surface area contributed by atoms with Crippen molar-refractivity contribution < 1.29 is 4.74 Å². The molecule has 1 rings (SSSR count). The van der Waals surface area contributed by atoms with Gasteiger partial charge in [-0.25, -0.2) is 0 Å². The van der Waals surface area contributed by atoms with Crippen LogP contribution in [0.5, 0.6) is 5.75 Å². The first-order valence-corrected chi connectivity index (χ1v) is 8.15. The number of unbranched alkanes of at least 4 members (excludes halogenated alkanes) is 4. The van der Waals surface area contributed by atoms with Crippen LogP contribution in [0.15, 0.2) is 18.2 Å². The Morgan fingerprint density at radius 1 is 1.10 bits per heavy atom. The summed E-state index contributed by atoms with van der Waals surface area (Å²) < 4.78 is 5.96. The van der Waals surface area contributed by atoms with Crippen molar-refractivity contribution in [2.24, 2.45) is 5.73 Å². The van der Waals surface area contributed by atoms with Gasteiger partial charge in [0.25, 0.3) is 0 Å². The second-order valence-corrected chi connectivity index (χ2v) is 5.75. The lowest BCUT2D eigenvalue weighted by Crippen LogP contribution is -2.21. The average Bonchev–Trinajstić information content (AvgIpc) is 2.44. The Labute approximate surface area is 124 Å². The average molecular weight is 277 g/mol. The fraction of sp³-hybridized carbons (Fsp3) is 0.667. The van der Waals surface area contributed by atoms with Crippen molar-refractivity contribution in [2.75, 3.05) is 6.61 Å². The minimum atomic E-state index is 0.226. The lowest BCUT2D eigenvalue weighted by molar-refractivity contribution is 0.301. The van der Waals surface area contributed by atoms with Crippen LogP contribution in [0.4, 0.5) is 0 Å². The summed E-state index contributed by atoms with van der Waals surface area (Å²) in [6, 6.07) is 6.65. The fourth-order valence-corrected chi connectivity index (χ4v) is 2.32. The highest BCUT2D eigenvalue weighted by Crippen LogP contribution is 2.22. The van der Waals surface area contributed by atoms with E-state index in [-0.39, 0.29) is 6.04 Å².